The molecule has 0 bridgehead atoms. The number of likely N-dealkylation sites (tertiary alicyclic amines) is 1. The summed E-state index contributed by atoms with van der Waals surface area (Å²) < 4.78 is 13.0. The van der Waals surface area contributed by atoms with Crippen LogP contribution in [0, 0.1) is 0 Å². The van der Waals surface area contributed by atoms with E-state index in [-0.39, 0.29) is 36.7 Å². The monoisotopic (exact) mass is 798 g/mol. The molecule has 14 heteroatoms. The Labute approximate surface area is 335 Å². The first-order chi connectivity index (χ1) is 26.8. The molecule has 56 heavy (non-hydrogen) atoms. The third kappa shape index (κ3) is 8.53. The Bertz CT molecular complexity index is 2360. The first-order valence-corrected chi connectivity index (χ1v) is 19.3. The topological polar surface area (TPSA) is 139 Å². The fraction of sp³-hybridized carbons (Fsp3) is 0.357. The average molecular weight is 800 g/mol. The van der Waals surface area contributed by atoms with E-state index in [9.17, 15) is 19.5 Å². The number of hydrogen-bond donors (Lipinski definition) is 2. The number of halogens is 2. The molecule has 0 aliphatic carbocycles. The molecule has 12 nitrogen and oxygen atoms in total. The summed E-state index contributed by atoms with van der Waals surface area (Å²) in [5, 5.41) is 13.7. The molecule has 2 fully saturated rings. The number of fused-ring (bicyclic) bond motifs is 1. The third-order valence-corrected chi connectivity index (χ3v) is 10.8. The number of carbonyl (C=O) groups is 2. The van der Waals surface area contributed by atoms with Gasteiger partial charge in [0.15, 0.2) is 0 Å². The van der Waals surface area contributed by atoms with Gasteiger partial charge in [0.1, 0.15) is 11.2 Å². The Balaban J connectivity index is 1.16. The van der Waals surface area contributed by atoms with E-state index in [1.807, 2.05) is 81.4 Å². The number of aromatic nitrogens is 3. The summed E-state index contributed by atoms with van der Waals surface area (Å²) in [7, 11) is 1.52. The van der Waals surface area contributed by atoms with Crippen LogP contribution in [-0.4, -0.2) is 85.8 Å². The highest BCUT2D eigenvalue weighted by Crippen LogP contribution is 2.42. The van der Waals surface area contributed by atoms with Gasteiger partial charge in [0.05, 0.1) is 41.1 Å². The number of nitrogens with zero attached hydrogens (tertiary/aromatic N) is 5. The number of benzene rings is 2. The zero-order chi connectivity index (χ0) is 39.7. The zero-order valence-corrected chi connectivity index (χ0v) is 33.2. The van der Waals surface area contributed by atoms with Gasteiger partial charge in [-0.15, -0.1) is 0 Å². The van der Waals surface area contributed by atoms with Crippen molar-refractivity contribution in [1.82, 2.24) is 29.5 Å². The number of amides is 2. The predicted molar refractivity (Wildman–Crippen MR) is 216 cm³/mol. The molecule has 3 aromatic heterocycles. The van der Waals surface area contributed by atoms with Crippen molar-refractivity contribution in [2.24, 2.45) is 0 Å². The second kappa shape index (κ2) is 16.2. The molecule has 2 aliphatic rings. The molecule has 2 atom stereocenters. The van der Waals surface area contributed by atoms with Crippen LogP contribution < -0.4 is 15.6 Å². The number of carbonyl (C=O) groups excluding carboxylic acids is 2. The maximum absolute atomic E-state index is 13.3. The largest absolute Gasteiger partial charge is 0.481 e. The molecular formula is C42H44Cl2N6O6. The van der Waals surface area contributed by atoms with Gasteiger partial charge in [-0.3, -0.25) is 18.9 Å². The number of aliphatic hydroxyl groups is 1. The van der Waals surface area contributed by atoms with Crippen molar-refractivity contribution in [2.45, 2.75) is 70.9 Å². The van der Waals surface area contributed by atoms with Crippen molar-refractivity contribution in [3.63, 3.8) is 0 Å². The Hall–Kier alpha value is -5.01. The molecule has 2 N–H and O–H groups in total. The molecular weight excluding hydrogens is 755 g/mol. The number of pyridine rings is 2. The second-order valence-corrected chi connectivity index (χ2v) is 16.0. The number of nitrogens with one attached hydrogen (secondary N) is 1. The van der Waals surface area contributed by atoms with Gasteiger partial charge in [-0.25, -0.2) is 14.8 Å². The van der Waals surface area contributed by atoms with E-state index < -0.39 is 11.7 Å². The summed E-state index contributed by atoms with van der Waals surface area (Å²) in [5.41, 5.74) is 5.00. The van der Waals surface area contributed by atoms with Crippen LogP contribution in [0.25, 0.3) is 39.2 Å². The molecule has 2 amide bonds. The first-order valence-electron chi connectivity index (χ1n) is 18.6. The fourth-order valence-corrected chi connectivity index (χ4v) is 7.88. The molecule has 2 aromatic carbocycles. The maximum Gasteiger partial charge on any atom is 0.410 e. The summed E-state index contributed by atoms with van der Waals surface area (Å²) in [5.74, 6) is 0.281. The Morgan fingerprint density at radius 2 is 1.70 bits per heavy atom. The van der Waals surface area contributed by atoms with Gasteiger partial charge in [0.25, 0.3) is 5.56 Å². The minimum Gasteiger partial charge on any atom is -0.481 e. The minimum absolute atomic E-state index is 0.0377. The van der Waals surface area contributed by atoms with Gasteiger partial charge in [0, 0.05) is 78.9 Å². The number of hydrogen-bond acceptors (Lipinski definition) is 9. The van der Waals surface area contributed by atoms with E-state index in [2.05, 4.69) is 15.2 Å². The van der Waals surface area contributed by atoms with Crippen LogP contribution in [0.5, 0.6) is 5.88 Å². The Morgan fingerprint density at radius 3 is 2.36 bits per heavy atom. The third-order valence-electron chi connectivity index (χ3n) is 9.97. The van der Waals surface area contributed by atoms with Crippen molar-refractivity contribution >= 4 is 40.8 Å². The van der Waals surface area contributed by atoms with E-state index in [1.54, 1.807) is 17.3 Å². The van der Waals surface area contributed by atoms with Gasteiger partial charge in [-0.1, -0.05) is 59.6 Å². The second-order valence-electron chi connectivity index (χ2n) is 15.3. The molecule has 292 valence electrons. The van der Waals surface area contributed by atoms with Crippen molar-refractivity contribution < 1.29 is 24.2 Å². The van der Waals surface area contributed by atoms with Crippen LogP contribution >= 0.6 is 23.2 Å². The Kier molecular flexibility index (Phi) is 11.4. The number of β-amino-alcohol motifs (C(OH)–C–C–N with tert-alkyl or cyclic N) is 1. The van der Waals surface area contributed by atoms with E-state index >= 15 is 0 Å². The highest BCUT2D eigenvalue weighted by atomic mass is 35.5. The molecule has 0 saturated carbocycles. The summed E-state index contributed by atoms with van der Waals surface area (Å²) in [6.07, 6.45) is 4.19. The summed E-state index contributed by atoms with van der Waals surface area (Å²) in [6, 6.07) is 18.5. The first kappa shape index (κ1) is 39.2. The van der Waals surface area contributed by atoms with Crippen molar-refractivity contribution in [3.8, 4) is 39.4 Å². The van der Waals surface area contributed by atoms with Crippen LogP contribution in [-0.2, 0) is 22.6 Å². The predicted octanol–water partition coefficient (Wildman–Crippen LogP) is 6.99. The van der Waals surface area contributed by atoms with Gasteiger partial charge in [-0.2, -0.15) is 0 Å². The van der Waals surface area contributed by atoms with E-state index in [4.69, 9.17) is 37.7 Å². The van der Waals surface area contributed by atoms with Crippen molar-refractivity contribution in [2.75, 3.05) is 26.7 Å². The minimum atomic E-state index is -0.706. The van der Waals surface area contributed by atoms with Crippen LogP contribution in [0.2, 0.25) is 10.0 Å². The van der Waals surface area contributed by atoms with E-state index in [1.165, 1.54) is 11.5 Å². The molecule has 7 rings (SSSR count). The van der Waals surface area contributed by atoms with Gasteiger partial charge >= 0.3 is 6.09 Å². The smallest absolute Gasteiger partial charge is 0.410 e. The molecule has 0 unspecified atom stereocenters. The van der Waals surface area contributed by atoms with Crippen LogP contribution in [0.4, 0.5) is 4.79 Å². The van der Waals surface area contributed by atoms with Crippen LogP contribution in [0.1, 0.15) is 51.2 Å². The van der Waals surface area contributed by atoms with E-state index in [0.29, 0.717) is 87.4 Å². The van der Waals surface area contributed by atoms with Crippen molar-refractivity contribution in [1.29, 1.82) is 0 Å². The average Bonchev–Trinajstić information content (AvgIpc) is 3.78. The molecule has 2 saturated heterocycles. The summed E-state index contributed by atoms with van der Waals surface area (Å²) >= 11 is 14.3. The molecule has 2 aliphatic heterocycles. The number of methoxy groups -OCH3 is 1. The highest BCUT2D eigenvalue weighted by Gasteiger charge is 2.30. The summed E-state index contributed by atoms with van der Waals surface area (Å²) in [6.45, 7) is 7.56. The molecule has 5 aromatic rings. The van der Waals surface area contributed by atoms with Crippen molar-refractivity contribution in [3.05, 3.63) is 105 Å². The van der Waals surface area contributed by atoms with Crippen LogP contribution in [0.3, 0.4) is 0 Å². The molecule has 0 spiro atoms. The lowest BCUT2D eigenvalue weighted by Gasteiger charge is -2.29. The van der Waals surface area contributed by atoms with Gasteiger partial charge in [-0.05, 0) is 63.4 Å². The standard InChI is InChI=1S/C42H44Cl2N6O6/c1-42(2,3)56-41(54)49(23-28-12-14-36(52)46-28)22-26-11-13-34(47-39(26)55-4)33-10-6-9-32(38(33)44)31-8-5-7-30(37(31)43)25-15-18-50-35(19-25)45-20-27(40(50)53)21-48-17-16-29(51)24-48/h5-11,13,15,18-20,28-29,51H,12,14,16-17,21-24H2,1-4H3,(H,46,52)/t28-,29-/m0/s1. The lowest BCUT2D eigenvalue weighted by atomic mass is 9.97. The van der Waals surface area contributed by atoms with Gasteiger partial charge in [0.2, 0.25) is 11.8 Å². The maximum atomic E-state index is 13.3. The quantitative estimate of drug-likeness (QED) is 0.153. The lowest BCUT2D eigenvalue weighted by molar-refractivity contribution is -0.119. The lowest BCUT2D eigenvalue weighted by Crippen LogP contribution is -2.43. The molecule has 0 radical (unpaired) electrons. The summed E-state index contributed by atoms with van der Waals surface area (Å²) in [4.78, 5) is 51.6. The number of ether oxygens (including phenoxy) is 2. The SMILES string of the molecule is COc1nc(-c2cccc(-c3cccc(-c4ccn5c(=O)c(CN6CC[C@H](O)C6)cnc5c4)c3Cl)c2Cl)ccc1CN(C[C@@H]1CCC(=O)N1)C(=O)OC(C)(C)C. The van der Waals surface area contributed by atoms with Crippen LogP contribution in [0.15, 0.2) is 77.9 Å². The van der Waals surface area contributed by atoms with Gasteiger partial charge < -0.3 is 24.8 Å². The molecule has 5 heterocycles. The Morgan fingerprint density at radius 1 is 0.982 bits per heavy atom. The zero-order valence-electron chi connectivity index (χ0n) is 31.7. The number of rotatable bonds is 10. The highest BCUT2D eigenvalue weighted by molar-refractivity contribution is 6.39. The fourth-order valence-electron chi connectivity index (χ4n) is 7.22. The number of aliphatic hydroxyl groups excluding tert-OH is 1. The normalized spacial score (nSPS) is 17.3. The van der Waals surface area contributed by atoms with E-state index in [0.717, 1.165) is 17.7 Å².